The highest BCUT2D eigenvalue weighted by atomic mass is 16.4. The molecule has 1 aromatic carbocycles. The first kappa shape index (κ1) is 19.3. The van der Waals surface area contributed by atoms with Crippen molar-refractivity contribution in [3.05, 3.63) is 35.4 Å². The molecule has 5 N–H and O–H groups in total. The Morgan fingerprint density at radius 2 is 1.38 bits per heavy atom. The maximum absolute atomic E-state index is 12.6. The van der Waals surface area contributed by atoms with Gasteiger partial charge in [-0.2, -0.15) is 10.2 Å². The lowest BCUT2D eigenvalue weighted by Gasteiger charge is -2.31. The Morgan fingerprint density at radius 1 is 0.862 bits per heavy atom. The number of amides is 8. The zero-order chi connectivity index (χ0) is 21.3. The Bertz CT molecular complexity index is 991. The Labute approximate surface area is 159 Å². The number of carboxylic acids is 1. The van der Waals surface area contributed by atoms with Crippen molar-refractivity contribution in [2.75, 3.05) is 0 Å². The highest BCUT2D eigenvalue weighted by Gasteiger charge is 2.55. The number of aromatic carboxylic acids is 1. The van der Waals surface area contributed by atoms with E-state index in [1.807, 2.05) is 0 Å². The minimum atomic E-state index is -2.73. The average Bonchev–Trinajstić information content (AvgIpc) is 2.62. The quantitative estimate of drug-likeness (QED) is 0.283. The molecule has 8 amide bonds. The summed E-state index contributed by atoms with van der Waals surface area (Å²) in [4.78, 5) is 83.0. The van der Waals surface area contributed by atoms with Crippen LogP contribution in [0.2, 0.25) is 0 Å². The van der Waals surface area contributed by atoms with Crippen LogP contribution in [0.1, 0.15) is 15.9 Å². The van der Waals surface area contributed by atoms with E-state index in [0.717, 1.165) is 12.1 Å². The summed E-state index contributed by atoms with van der Waals surface area (Å²) >= 11 is 0. The highest BCUT2D eigenvalue weighted by Crippen LogP contribution is 2.32. The zero-order valence-electron chi connectivity index (χ0n) is 14.1. The van der Waals surface area contributed by atoms with Crippen LogP contribution in [0.25, 0.3) is 0 Å². The number of hydrogen-bond acceptors (Lipinski definition) is 9. The van der Waals surface area contributed by atoms with Gasteiger partial charge in [-0.3, -0.25) is 40.4 Å². The molecule has 2 fully saturated rings. The maximum Gasteiger partial charge on any atom is 0.336 e. The van der Waals surface area contributed by atoms with E-state index in [1.165, 1.54) is 12.1 Å². The number of carboxylic acid groups (broad SMARTS) is 1. The molecule has 0 unspecified atom stereocenters. The minimum absolute atomic E-state index is 0.466. The summed E-state index contributed by atoms with van der Waals surface area (Å²) in [5.41, 5.74) is -3.71. The molecule has 148 valence electrons. The normalized spacial score (nSPS) is 19.4. The third-order valence-electron chi connectivity index (χ3n) is 3.95. The molecule has 0 aliphatic carbocycles. The summed E-state index contributed by atoms with van der Waals surface area (Å²) in [6.45, 7) is 0. The van der Waals surface area contributed by atoms with E-state index in [9.17, 15) is 38.7 Å². The van der Waals surface area contributed by atoms with Crippen LogP contribution in [0.3, 0.4) is 0 Å². The van der Waals surface area contributed by atoms with Crippen LogP contribution in [0, 0.1) is 0 Å². The van der Waals surface area contributed by atoms with Crippen molar-refractivity contribution < 1.29 is 38.7 Å². The molecule has 0 saturated carbocycles. The van der Waals surface area contributed by atoms with Gasteiger partial charge < -0.3 is 5.11 Å². The number of urea groups is 2. The number of rotatable bonds is 4. The van der Waals surface area contributed by atoms with Gasteiger partial charge >= 0.3 is 18.0 Å². The number of nitrogens with one attached hydrogen (secondary N) is 4. The molecule has 0 atom stereocenters. The van der Waals surface area contributed by atoms with Crippen molar-refractivity contribution >= 4 is 41.7 Å². The van der Waals surface area contributed by atoms with Gasteiger partial charge in [0.2, 0.25) is 6.04 Å². The predicted molar refractivity (Wildman–Crippen MR) is 87.1 cm³/mol. The van der Waals surface area contributed by atoms with Gasteiger partial charge in [0, 0.05) is 5.56 Å². The second-order valence-electron chi connectivity index (χ2n) is 5.72. The second kappa shape index (κ2) is 6.91. The third kappa shape index (κ3) is 3.18. The average molecular weight is 402 g/mol. The molecule has 2 saturated heterocycles. The van der Waals surface area contributed by atoms with Crippen LogP contribution in [0.4, 0.5) is 9.59 Å². The van der Waals surface area contributed by atoms with E-state index in [4.69, 9.17) is 0 Å². The van der Waals surface area contributed by atoms with Crippen LogP contribution < -0.4 is 21.3 Å². The topological polar surface area (TPSA) is 213 Å². The molecule has 14 nitrogen and oxygen atoms in total. The van der Waals surface area contributed by atoms with E-state index < -0.39 is 64.4 Å². The van der Waals surface area contributed by atoms with Crippen molar-refractivity contribution in [3.8, 4) is 0 Å². The van der Waals surface area contributed by atoms with E-state index in [-0.39, 0.29) is 0 Å². The van der Waals surface area contributed by atoms with Gasteiger partial charge in [0.05, 0.1) is 5.56 Å². The van der Waals surface area contributed by atoms with Crippen LogP contribution in [-0.2, 0) is 24.7 Å². The number of carbonyl (C=O) groups excluding carboxylic acids is 6. The van der Waals surface area contributed by atoms with Crippen LogP contribution in [0.5, 0.6) is 0 Å². The van der Waals surface area contributed by atoms with Gasteiger partial charge in [-0.15, -0.1) is 0 Å². The first-order valence-electron chi connectivity index (χ1n) is 7.74. The van der Waals surface area contributed by atoms with Gasteiger partial charge in [0.1, 0.15) is 0 Å². The number of barbiturate groups is 2. The molecule has 3 rings (SSSR count). The maximum atomic E-state index is 12.6. The summed E-state index contributed by atoms with van der Waals surface area (Å²) in [5.74, 6) is -6.59. The summed E-state index contributed by atoms with van der Waals surface area (Å²) in [5, 5.41) is 23.4. The smallest absolute Gasteiger partial charge is 0.336 e. The fraction of sp³-hybridized carbons (Fsp3) is 0.133. The highest BCUT2D eigenvalue weighted by molar-refractivity contribution is 6.23. The standard InChI is InChI=1S/C15H10N6O8/c22-8-7(9(23)17-13(28)16-8)20-21-15(11(26)18-14(29)19-12(15)27)6-4-2-1-3-5(6)10(24)25/h1-4,7H,(H,24,25)(H2,16,17,22,23,28)(H2,18,19,26,27,29). The summed E-state index contributed by atoms with van der Waals surface area (Å²) in [6, 6.07) is 0.546. The molecule has 0 aromatic heterocycles. The molecular weight excluding hydrogens is 392 g/mol. The molecule has 2 aliphatic heterocycles. The van der Waals surface area contributed by atoms with Crippen molar-refractivity contribution in [1.29, 1.82) is 0 Å². The first-order chi connectivity index (χ1) is 13.7. The SMILES string of the molecule is O=C1NC(=O)C(N=NC2(c3ccccc3C(=O)O)C(=O)NC(=O)NC2=O)C(=O)N1. The third-order valence-corrected chi connectivity index (χ3v) is 3.95. The van der Waals surface area contributed by atoms with Crippen molar-refractivity contribution in [3.63, 3.8) is 0 Å². The Kier molecular flexibility index (Phi) is 4.60. The number of nitrogens with zero attached hydrogens (tertiary/aromatic N) is 2. The van der Waals surface area contributed by atoms with Crippen molar-refractivity contribution in [1.82, 2.24) is 21.3 Å². The molecule has 0 bridgehead atoms. The number of carbonyl (C=O) groups is 7. The Hall–Kier alpha value is -4.49. The van der Waals surface area contributed by atoms with E-state index >= 15 is 0 Å². The van der Waals surface area contributed by atoms with Crippen LogP contribution in [0.15, 0.2) is 34.5 Å². The molecule has 0 spiro atoms. The zero-order valence-corrected chi connectivity index (χ0v) is 14.1. The lowest BCUT2D eigenvalue weighted by atomic mass is 9.84. The van der Waals surface area contributed by atoms with E-state index in [2.05, 4.69) is 10.2 Å². The lowest BCUT2D eigenvalue weighted by Crippen LogP contribution is -2.64. The summed E-state index contributed by atoms with van der Waals surface area (Å²) in [6.07, 6.45) is 0. The predicted octanol–water partition coefficient (Wildman–Crippen LogP) is -1.87. The molecule has 1 aromatic rings. The fourth-order valence-electron chi connectivity index (χ4n) is 2.66. The monoisotopic (exact) mass is 402 g/mol. The van der Waals surface area contributed by atoms with E-state index in [0.29, 0.717) is 0 Å². The second-order valence-corrected chi connectivity index (χ2v) is 5.72. The number of benzene rings is 1. The molecule has 29 heavy (non-hydrogen) atoms. The number of hydrogen-bond donors (Lipinski definition) is 5. The van der Waals surface area contributed by atoms with E-state index in [1.54, 1.807) is 21.3 Å². The first-order valence-corrected chi connectivity index (χ1v) is 7.74. The Balaban J connectivity index is 2.17. The molecule has 0 radical (unpaired) electrons. The molecular formula is C15H10N6O8. The lowest BCUT2D eigenvalue weighted by molar-refractivity contribution is -0.139. The van der Waals surface area contributed by atoms with Crippen molar-refractivity contribution in [2.24, 2.45) is 10.2 Å². The largest absolute Gasteiger partial charge is 0.478 e. The summed E-state index contributed by atoms with van der Waals surface area (Å²) in [7, 11) is 0. The van der Waals surface area contributed by atoms with Crippen LogP contribution in [-0.4, -0.2) is 52.8 Å². The summed E-state index contributed by atoms with van der Waals surface area (Å²) < 4.78 is 0. The Morgan fingerprint density at radius 3 is 1.93 bits per heavy atom. The van der Waals surface area contributed by atoms with Gasteiger partial charge in [-0.05, 0) is 6.07 Å². The minimum Gasteiger partial charge on any atom is -0.478 e. The molecule has 2 heterocycles. The number of azo groups is 1. The van der Waals surface area contributed by atoms with Gasteiger partial charge in [-0.1, -0.05) is 18.2 Å². The van der Waals surface area contributed by atoms with Crippen LogP contribution >= 0.6 is 0 Å². The number of imide groups is 4. The molecule has 14 heteroatoms. The van der Waals surface area contributed by atoms with Crippen molar-refractivity contribution in [2.45, 2.75) is 11.6 Å². The molecule has 2 aliphatic rings. The fourth-order valence-corrected chi connectivity index (χ4v) is 2.66. The van der Waals surface area contributed by atoms with Gasteiger partial charge in [0.15, 0.2) is 0 Å². The van der Waals surface area contributed by atoms with Gasteiger partial charge in [-0.25, -0.2) is 14.4 Å². The van der Waals surface area contributed by atoms with Gasteiger partial charge in [0.25, 0.3) is 29.2 Å².